The Hall–Kier alpha value is -1.14. The number of likely N-dealkylation sites (tertiary alicyclic amines) is 1. The summed E-state index contributed by atoms with van der Waals surface area (Å²) < 4.78 is 0. The molecule has 2 N–H and O–H groups in total. The van der Waals surface area contributed by atoms with Crippen molar-refractivity contribution in [3.63, 3.8) is 0 Å². The summed E-state index contributed by atoms with van der Waals surface area (Å²) in [4.78, 5) is 19.1. The maximum Gasteiger partial charge on any atom is 0.318 e. The molecule has 0 unspecified atom stereocenters. The predicted molar refractivity (Wildman–Crippen MR) is 91.4 cm³/mol. The average molecular weight is 337 g/mol. The van der Waals surface area contributed by atoms with Crippen LogP contribution >= 0.6 is 11.3 Å². The lowest BCUT2D eigenvalue weighted by Gasteiger charge is -2.37. The highest BCUT2D eigenvalue weighted by atomic mass is 32.1. The van der Waals surface area contributed by atoms with Gasteiger partial charge in [0.1, 0.15) is 5.01 Å². The van der Waals surface area contributed by atoms with E-state index in [1.165, 1.54) is 6.42 Å². The molecule has 2 heterocycles. The first-order valence-electron chi connectivity index (χ1n) is 8.85. The topological polar surface area (TPSA) is 65.5 Å². The van der Waals surface area contributed by atoms with E-state index in [0.717, 1.165) is 50.1 Å². The molecule has 6 heteroatoms. The number of aliphatic hydroxyl groups is 1. The number of aliphatic hydroxyl groups excluding tert-OH is 1. The zero-order valence-corrected chi connectivity index (χ0v) is 14.6. The van der Waals surface area contributed by atoms with Gasteiger partial charge in [0, 0.05) is 30.1 Å². The van der Waals surface area contributed by atoms with Crippen LogP contribution in [0.25, 0.3) is 0 Å². The lowest BCUT2D eigenvalue weighted by molar-refractivity contribution is 0.0304. The number of nitrogens with one attached hydrogen (secondary N) is 1. The first-order valence-corrected chi connectivity index (χ1v) is 9.73. The predicted octanol–water partition coefficient (Wildman–Crippen LogP) is 3.32. The maximum atomic E-state index is 12.8. The van der Waals surface area contributed by atoms with Crippen molar-refractivity contribution in [1.82, 2.24) is 15.2 Å². The van der Waals surface area contributed by atoms with E-state index in [-0.39, 0.29) is 30.1 Å². The van der Waals surface area contributed by atoms with Gasteiger partial charge in [-0.15, -0.1) is 11.3 Å². The SMILES string of the molecule is CC[C@H](NC(=O)N1CCC[C@@H]1[C@@H]1CCCC[C@H]1O)c1nccs1. The molecule has 1 aliphatic carbocycles. The molecule has 1 saturated carbocycles. The van der Waals surface area contributed by atoms with Gasteiger partial charge in [0.15, 0.2) is 0 Å². The number of rotatable bonds is 4. The Bertz CT molecular complexity index is 508. The average Bonchev–Trinajstić information content (AvgIpc) is 3.24. The van der Waals surface area contributed by atoms with Crippen LogP contribution < -0.4 is 5.32 Å². The molecule has 3 rings (SSSR count). The standard InChI is InChI=1S/C17H27N3O2S/c1-2-13(16-18-9-11-23-16)19-17(22)20-10-5-7-14(20)12-6-3-4-8-15(12)21/h9,11-15,21H,2-8,10H2,1H3,(H,19,22)/t12-,13-,14+,15+/m0/s1. The van der Waals surface area contributed by atoms with Crippen molar-refractivity contribution in [1.29, 1.82) is 0 Å². The molecule has 0 radical (unpaired) electrons. The number of amides is 2. The van der Waals surface area contributed by atoms with Crippen LogP contribution in [0.4, 0.5) is 4.79 Å². The molecule has 128 valence electrons. The molecule has 1 aromatic rings. The second-order valence-electron chi connectivity index (χ2n) is 6.70. The van der Waals surface area contributed by atoms with Crippen LogP contribution in [0, 0.1) is 5.92 Å². The Morgan fingerprint density at radius 2 is 2.26 bits per heavy atom. The molecule has 0 spiro atoms. The normalized spacial score (nSPS) is 29.5. The number of hydrogen-bond acceptors (Lipinski definition) is 4. The summed E-state index contributed by atoms with van der Waals surface area (Å²) in [7, 11) is 0. The number of nitrogens with zero attached hydrogens (tertiary/aromatic N) is 2. The van der Waals surface area contributed by atoms with Crippen LogP contribution in [0.1, 0.15) is 62.9 Å². The third kappa shape index (κ3) is 3.69. The van der Waals surface area contributed by atoms with Crippen LogP contribution in [0.5, 0.6) is 0 Å². The zero-order valence-electron chi connectivity index (χ0n) is 13.8. The first-order chi connectivity index (χ1) is 11.2. The lowest BCUT2D eigenvalue weighted by atomic mass is 9.80. The van der Waals surface area contributed by atoms with E-state index < -0.39 is 0 Å². The minimum Gasteiger partial charge on any atom is -0.393 e. The van der Waals surface area contributed by atoms with Gasteiger partial charge < -0.3 is 15.3 Å². The minimum absolute atomic E-state index is 0.00678. The van der Waals surface area contributed by atoms with Crippen LogP contribution in [0.2, 0.25) is 0 Å². The van der Waals surface area contributed by atoms with E-state index in [2.05, 4.69) is 17.2 Å². The summed E-state index contributed by atoms with van der Waals surface area (Å²) in [5, 5.41) is 16.4. The Labute approximate surface area is 142 Å². The quantitative estimate of drug-likeness (QED) is 0.886. The second-order valence-corrected chi connectivity index (χ2v) is 7.63. The van der Waals surface area contributed by atoms with Crippen LogP contribution in [0.15, 0.2) is 11.6 Å². The number of thiazole rings is 1. The van der Waals surface area contributed by atoms with E-state index in [0.29, 0.717) is 0 Å². The third-order valence-corrected chi connectivity index (χ3v) is 6.18. The molecular formula is C17H27N3O2S. The summed E-state index contributed by atoms with van der Waals surface area (Å²) in [6, 6.07) is 0.187. The number of carbonyl (C=O) groups excluding carboxylic acids is 1. The summed E-state index contributed by atoms with van der Waals surface area (Å²) in [6.45, 7) is 2.87. The largest absolute Gasteiger partial charge is 0.393 e. The molecule has 2 amide bonds. The molecule has 1 aliphatic heterocycles. The Morgan fingerprint density at radius 3 is 2.96 bits per heavy atom. The molecule has 4 atom stereocenters. The monoisotopic (exact) mass is 337 g/mol. The second kappa shape index (κ2) is 7.62. The van der Waals surface area contributed by atoms with Gasteiger partial charge in [-0.25, -0.2) is 9.78 Å². The number of urea groups is 1. The fourth-order valence-electron chi connectivity index (χ4n) is 4.06. The number of aromatic nitrogens is 1. The lowest BCUT2D eigenvalue weighted by Crippen LogP contribution is -2.49. The van der Waals surface area contributed by atoms with Gasteiger partial charge in [-0.2, -0.15) is 0 Å². The van der Waals surface area contributed by atoms with E-state index in [1.807, 2.05) is 10.3 Å². The van der Waals surface area contributed by atoms with Crippen molar-refractivity contribution < 1.29 is 9.90 Å². The van der Waals surface area contributed by atoms with Crippen LogP contribution in [0.3, 0.4) is 0 Å². The third-order valence-electron chi connectivity index (χ3n) is 5.29. The Morgan fingerprint density at radius 1 is 1.43 bits per heavy atom. The fourth-order valence-corrected chi connectivity index (χ4v) is 4.83. The zero-order chi connectivity index (χ0) is 16.2. The van der Waals surface area contributed by atoms with E-state index in [4.69, 9.17) is 0 Å². The summed E-state index contributed by atoms with van der Waals surface area (Å²) in [5.41, 5.74) is 0. The van der Waals surface area contributed by atoms with E-state index >= 15 is 0 Å². The maximum absolute atomic E-state index is 12.8. The molecule has 1 saturated heterocycles. The van der Waals surface area contributed by atoms with Crippen molar-refractivity contribution in [2.75, 3.05) is 6.54 Å². The van der Waals surface area contributed by atoms with Crippen LogP contribution in [-0.2, 0) is 0 Å². The molecule has 1 aromatic heterocycles. The highest BCUT2D eigenvalue weighted by Crippen LogP contribution is 2.35. The smallest absolute Gasteiger partial charge is 0.318 e. The summed E-state index contributed by atoms with van der Waals surface area (Å²) >= 11 is 1.59. The van der Waals surface area contributed by atoms with Gasteiger partial charge in [0.25, 0.3) is 0 Å². The van der Waals surface area contributed by atoms with E-state index in [9.17, 15) is 9.90 Å². The molecule has 0 bridgehead atoms. The van der Waals surface area contributed by atoms with Gasteiger partial charge >= 0.3 is 6.03 Å². The van der Waals surface area contributed by atoms with Gasteiger partial charge in [-0.1, -0.05) is 19.8 Å². The summed E-state index contributed by atoms with van der Waals surface area (Å²) in [5.74, 6) is 0.247. The van der Waals surface area contributed by atoms with Crippen molar-refractivity contribution >= 4 is 17.4 Å². The molecule has 23 heavy (non-hydrogen) atoms. The fraction of sp³-hybridized carbons (Fsp3) is 0.765. The van der Waals surface area contributed by atoms with Crippen molar-refractivity contribution in [2.24, 2.45) is 5.92 Å². The molecular weight excluding hydrogens is 310 g/mol. The minimum atomic E-state index is -0.247. The van der Waals surface area contributed by atoms with E-state index in [1.54, 1.807) is 17.5 Å². The highest BCUT2D eigenvalue weighted by Gasteiger charge is 2.39. The van der Waals surface area contributed by atoms with Crippen molar-refractivity contribution in [2.45, 2.75) is 70.1 Å². The van der Waals surface area contributed by atoms with Gasteiger partial charge in [-0.3, -0.25) is 0 Å². The van der Waals surface area contributed by atoms with Crippen molar-refractivity contribution in [3.05, 3.63) is 16.6 Å². The van der Waals surface area contributed by atoms with Gasteiger partial charge in [-0.05, 0) is 32.1 Å². The van der Waals surface area contributed by atoms with Gasteiger partial charge in [0.05, 0.1) is 12.1 Å². The molecule has 0 aromatic carbocycles. The molecule has 5 nitrogen and oxygen atoms in total. The number of carbonyl (C=O) groups is 1. The Balaban J connectivity index is 1.65. The van der Waals surface area contributed by atoms with Crippen LogP contribution in [-0.4, -0.2) is 39.7 Å². The summed E-state index contributed by atoms with van der Waals surface area (Å²) in [6.07, 6.45) is 8.63. The molecule has 2 aliphatic rings. The molecule has 2 fully saturated rings. The first kappa shape index (κ1) is 16.7. The van der Waals surface area contributed by atoms with Crippen molar-refractivity contribution in [3.8, 4) is 0 Å². The Kier molecular flexibility index (Phi) is 5.54. The highest BCUT2D eigenvalue weighted by molar-refractivity contribution is 7.09. The van der Waals surface area contributed by atoms with Gasteiger partial charge in [0.2, 0.25) is 0 Å². The number of hydrogen-bond donors (Lipinski definition) is 2.